The van der Waals surface area contributed by atoms with Crippen molar-refractivity contribution in [3.63, 3.8) is 0 Å². The average molecular weight is 236 g/mol. The van der Waals surface area contributed by atoms with Crippen molar-refractivity contribution in [1.29, 1.82) is 0 Å². The minimum Gasteiger partial charge on any atom is -0.314 e. The van der Waals surface area contributed by atoms with Gasteiger partial charge >= 0.3 is 0 Å². The molecule has 1 N–H and O–H groups in total. The third-order valence-electron chi connectivity index (χ3n) is 5.31. The topological polar surface area (TPSA) is 15.3 Å². The summed E-state index contributed by atoms with van der Waals surface area (Å²) in [4.78, 5) is 2.91. The van der Waals surface area contributed by atoms with Gasteiger partial charge in [0.25, 0.3) is 0 Å². The highest BCUT2D eigenvalue weighted by molar-refractivity contribution is 4.91. The molecule has 2 heteroatoms. The molecule has 0 aromatic carbocycles. The van der Waals surface area contributed by atoms with E-state index in [1.807, 2.05) is 0 Å². The lowest BCUT2D eigenvalue weighted by atomic mass is 9.88. The van der Waals surface area contributed by atoms with Crippen LogP contribution in [0.15, 0.2) is 0 Å². The van der Waals surface area contributed by atoms with Crippen LogP contribution in [0.1, 0.15) is 57.8 Å². The molecule has 1 saturated heterocycles. The Morgan fingerprint density at radius 3 is 2.29 bits per heavy atom. The van der Waals surface area contributed by atoms with Crippen molar-refractivity contribution < 1.29 is 0 Å². The van der Waals surface area contributed by atoms with Crippen LogP contribution < -0.4 is 5.32 Å². The molecule has 1 atom stereocenters. The van der Waals surface area contributed by atoms with Crippen molar-refractivity contribution >= 4 is 0 Å². The number of hydrogen-bond donors (Lipinski definition) is 1. The summed E-state index contributed by atoms with van der Waals surface area (Å²) >= 11 is 0. The van der Waals surface area contributed by atoms with Gasteiger partial charge in [-0.05, 0) is 31.6 Å². The van der Waals surface area contributed by atoms with Crippen LogP contribution >= 0.6 is 0 Å². The zero-order chi connectivity index (χ0) is 11.5. The molecule has 2 aliphatic carbocycles. The summed E-state index contributed by atoms with van der Waals surface area (Å²) in [7, 11) is 0. The molecule has 3 fully saturated rings. The van der Waals surface area contributed by atoms with Gasteiger partial charge in [-0.1, -0.05) is 32.1 Å². The number of nitrogens with zero attached hydrogens (tertiary/aromatic N) is 1. The van der Waals surface area contributed by atoms with E-state index in [0.29, 0.717) is 0 Å². The Bertz CT molecular complexity index is 229. The van der Waals surface area contributed by atoms with E-state index in [9.17, 15) is 0 Å². The van der Waals surface area contributed by atoms with Gasteiger partial charge in [0, 0.05) is 31.7 Å². The molecule has 0 aromatic rings. The largest absolute Gasteiger partial charge is 0.314 e. The maximum atomic E-state index is 3.64. The third kappa shape index (κ3) is 2.68. The Morgan fingerprint density at radius 2 is 1.53 bits per heavy atom. The van der Waals surface area contributed by atoms with E-state index in [1.165, 1.54) is 77.4 Å². The van der Waals surface area contributed by atoms with Crippen LogP contribution in [0.3, 0.4) is 0 Å². The predicted octanol–water partition coefficient (Wildman–Crippen LogP) is 2.78. The molecule has 2 nitrogen and oxygen atoms in total. The van der Waals surface area contributed by atoms with Gasteiger partial charge in [0.1, 0.15) is 0 Å². The smallest absolute Gasteiger partial charge is 0.0252 e. The second-order valence-electron chi connectivity index (χ2n) is 6.35. The van der Waals surface area contributed by atoms with Gasteiger partial charge in [0.2, 0.25) is 0 Å². The maximum absolute atomic E-state index is 3.64. The number of piperazine rings is 1. The van der Waals surface area contributed by atoms with Crippen LogP contribution in [0.5, 0.6) is 0 Å². The lowest BCUT2D eigenvalue weighted by molar-refractivity contribution is 0.0507. The molecular weight excluding hydrogens is 208 g/mol. The molecule has 98 valence electrons. The van der Waals surface area contributed by atoms with Gasteiger partial charge < -0.3 is 5.32 Å². The fourth-order valence-electron chi connectivity index (χ4n) is 4.39. The number of hydrogen-bond acceptors (Lipinski definition) is 2. The molecule has 2 saturated carbocycles. The highest BCUT2D eigenvalue weighted by Gasteiger charge is 2.35. The third-order valence-corrected chi connectivity index (χ3v) is 5.31. The fraction of sp³-hybridized carbons (Fsp3) is 1.00. The highest BCUT2D eigenvalue weighted by Crippen LogP contribution is 2.34. The first-order valence-electron chi connectivity index (χ1n) is 7.91. The molecule has 17 heavy (non-hydrogen) atoms. The van der Waals surface area contributed by atoms with Gasteiger partial charge in [-0.2, -0.15) is 0 Å². The average Bonchev–Trinajstić information content (AvgIpc) is 2.94. The summed E-state index contributed by atoms with van der Waals surface area (Å²) < 4.78 is 0. The van der Waals surface area contributed by atoms with Crippen molar-refractivity contribution in [3.8, 4) is 0 Å². The molecular formula is C15H28N2. The van der Waals surface area contributed by atoms with Crippen molar-refractivity contribution in [2.75, 3.05) is 19.6 Å². The number of rotatable bonds is 2. The lowest BCUT2D eigenvalue weighted by Crippen LogP contribution is -2.57. The zero-order valence-corrected chi connectivity index (χ0v) is 11.2. The highest BCUT2D eigenvalue weighted by atomic mass is 15.2. The summed E-state index contributed by atoms with van der Waals surface area (Å²) in [6.45, 7) is 3.80. The normalized spacial score (nSPS) is 34.2. The molecule has 0 aromatic heterocycles. The lowest BCUT2D eigenvalue weighted by Gasteiger charge is -2.45. The first-order chi connectivity index (χ1) is 8.45. The van der Waals surface area contributed by atoms with E-state index in [0.717, 1.165) is 18.0 Å². The first kappa shape index (κ1) is 12.0. The van der Waals surface area contributed by atoms with Crippen LogP contribution in [0.25, 0.3) is 0 Å². The van der Waals surface area contributed by atoms with E-state index in [2.05, 4.69) is 10.2 Å². The van der Waals surface area contributed by atoms with Crippen LogP contribution in [-0.4, -0.2) is 36.6 Å². The van der Waals surface area contributed by atoms with Gasteiger partial charge in [0.15, 0.2) is 0 Å². The summed E-state index contributed by atoms with van der Waals surface area (Å²) in [6, 6.07) is 1.80. The standard InChI is InChI=1S/C15H28N2/c1-2-8-14(9-3-1)17-11-10-16-12-15(17)13-6-4-5-7-13/h13-16H,1-12H2. The van der Waals surface area contributed by atoms with E-state index in [4.69, 9.17) is 0 Å². The minimum absolute atomic E-state index is 0.870. The SMILES string of the molecule is C1CCC(N2CCNCC2C2CCCC2)CC1. The summed E-state index contributed by atoms with van der Waals surface area (Å²) in [5.41, 5.74) is 0. The molecule has 3 aliphatic rings. The van der Waals surface area contributed by atoms with Crippen molar-refractivity contribution in [3.05, 3.63) is 0 Å². The van der Waals surface area contributed by atoms with Crippen LogP contribution in [-0.2, 0) is 0 Å². The second-order valence-corrected chi connectivity index (χ2v) is 6.35. The van der Waals surface area contributed by atoms with Gasteiger partial charge in [0.05, 0.1) is 0 Å². The quantitative estimate of drug-likeness (QED) is 0.793. The Labute approximate surface area is 106 Å². The monoisotopic (exact) mass is 236 g/mol. The molecule has 3 rings (SSSR count). The Kier molecular flexibility index (Phi) is 4.02. The van der Waals surface area contributed by atoms with E-state index >= 15 is 0 Å². The van der Waals surface area contributed by atoms with Gasteiger partial charge in [-0.15, -0.1) is 0 Å². The van der Waals surface area contributed by atoms with Crippen LogP contribution in [0, 0.1) is 5.92 Å². The summed E-state index contributed by atoms with van der Waals surface area (Å²) in [5.74, 6) is 1.00. The molecule has 0 amide bonds. The molecule has 0 spiro atoms. The van der Waals surface area contributed by atoms with Gasteiger partial charge in [-0.3, -0.25) is 4.90 Å². The Hall–Kier alpha value is -0.0800. The molecule has 0 radical (unpaired) electrons. The van der Waals surface area contributed by atoms with Gasteiger partial charge in [-0.25, -0.2) is 0 Å². The maximum Gasteiger partial charge on any atom is 0.0252 e. The van der Waals surface area contributed by atoms with Crippen molar-refractivity contribution in [1.82, 2.24) is 10.2 Å². The van der Waals surface area contributed by atoms with E-state index in [1.54, 1.807) is 0 Å². The molecule has 1 unspecified atom stereocenters. The summed E-state index contributed by atoms with van der Waals surface area (Å²) in [6.07, 6.45) is 13.4. The Morgan fingerprint density at radius 1 is 0.824 bits per heavy atom. The minimum atomic E-state index is 0.870. The molecule has 1 aliphatic heterocycles. The first-order valence-corrected chi connectivity index (χ1v) is 7.91. The van der Waals surface area contributed by atoms with Crippen LogP contribution in [0.4, 0.5) is 0 Å². The predicted molar refractivity (Wildman–Crippen MR) is 72.2 cm³/mol. The molecule has 1 heterocycles. The van der Waals surface area contributed by atoms with Crippen LogP contribution in [0.2, 0.25) is 0 Å². The second kappa shape index (κ2) is 5.71. The number of nitrogens with one attached hydrogen (secondary N) is 1. The fourth-order valence-corrected chi connectivity index (χ4v) is 4.39. The molecule has 0 bridgehead atoms. The Balaban J connectivity index is 1.65. The van der Waals surface area contributed by atoms with E-state index < -0.39 is 0 Å². The zero-order valence-electron chi connectivity index (χ0n) is 11.2. The van der Waals surface area contributed by atoms with Crippen molar-refractivity contribution in [2.45, 2.75) is 69.9 Å². The van der Waals surface area contributed by atoms with E-state index in [-0.39, 0.29) is 0 Å². The van der Waals surface area contributed by atoms with Crippen molar-refractivity contribution in [2.24, 2.45) is 5.92 Å². The summed E-state index contributed by atoms with van der Waals surface area (Å²) in [5, 5.41) is 3.64.